The van der Waals surface area contributed by atoms with E-state index in [1.165, 1.54) is 4.90 Å². The van der Waals surface area contributed by atoms with Gasteiger partial charge in [-0.2, -0.15) is 22.5 Å². The zero-order valence-corrected chi connectivity index (χ0v) is 10.3. The van der Waals surface area contributed by atoms with Gasteiger partial charge in [-0.05, 0) is 25.2 Å². The highest BCUT2D eigenvalue weighted by Gasteiger charge is 2.39. The number of rotatable bonds is 1. The topological polar surface area (TPSA) is 16.1 Å². The van der Waals surface area contributed by atoms with Gasteiger partial charge in [0.05, 0.1) is 0 Å². The van der Waals surface area contributed by atoms with Gasteiger partial charge in [-0.1, -0.05) is 12.8 Å². The van der Waals surface area contributed by atoms with Gasteiger partial charge in [0, 0.05) is 12.6 Å². The number of aromatic nitrogens is 1. The lowest BCUT2D eigenvalue weighted by Gasteiger charge is -2.33. The van der Waals surface area contributed by atoms with Crippen molar-refractivity contribution >= 4 is 5.69 Å². The molecule has 3 rings (SSSR count). The van der Waals surface area contributed by atoms with Crippen LogP contribution in [0.15, 0.2) is 0 Å². The molecule has 19 heavy (non-hydrogen) atoms. The second kappa shape index (κ2) is 4.65. The molecule has 0 bridgehead atoms. The van der Waals surface area contributed by atoms with E-state index in [2.05, 4.69) is 4.98 Å². The number of hydrogen-bond acceptors (Lipinski definition) is 2. The minimum absolute atomic E-state index is 0.0149. The van der Waals surface area contributed by atoms with Crippen LogP contribution < -0.4 is 4.90 Å². The van der Waals surface area contributed by atoms with E-state index in [1.807, 2.05) is 0 Å². The van der Waals surface area contributed by atoms with Crippen LogP contribution in [0.1, 0.15) is 32.1 Å². The highest BCUT2D eigenvalue weighted by Crippen LogP contribution is 2.40. The molecule has 1 aromatic heterocycles. The van der Waals surface area contributed by atoms with Crippen LogP contribution in [0.5, 0.6) is 0 Å². The smallest absolute Gasteiger partial charge is 0.253 e. The fourth-order valence-corrected chi connectivity index (χ4v) is 3.41. The lowest BCUT2D eigenvalue weighted by atomic mass is 9.85. The first-order valence-electron chi connectivity index (χ1n) is 6.56. The van der Waals surface area contributed by atoms with Crippen LogP contribution in [0.4, 0.5) is 23.2 Å². The molecular weight excluding hydrogens is 260 g/mol. The monoisotopic (exact) mass is 274 g/mol. The number of anilines is 1. The fourth-order valence-electron chi connectivity index (χ4n) is 3.41. The largest absolute Gasteiger partial charge is 0.363 e. The Morgan fingerprint density at radius 3 is 2.21 bits per heavy atom. The summed E-state index contributed by atoms with van der Waals surface area (Å²) in [7, 11) is 0. The molecule has 2 atom stereocenters. The molecule has 0 N–H and O–H groups in total. The molecule has 1 aliphatic heterocycles. The van der Waals surface area contributed by atoms with Crippen molar-refractivity contribution in [1.29, 1.82) is 0 Å². The maximum absolute atomic E-state index is 13.8. The molecule has 2 heterocycles. The van der Waals surface area contributed by atoms with E-state index in [9.17, 15) is 17.6 Å². The molecule has 1 saturated carbocycles. The highest BCUT2D eigenvalue weighted by atomic mass is 19.2. The van der Waals surface area contributed by atoms with Crippen LogP contribution in [-0.2, 0) is 0 Å². The Kier molecular flexibility index (Phi) is 3.11. The summed E-state index contributed by atoms with van der Waals surface area (Å²) in [6.07, 6.45) is 4.74. The zero-order chi connectivity index (χ0) is 13.6. The maximum Gasteiger partial charge on any atom is 0.253 e. The number of nitrogens with zero attached hydrogens (tertiary/aromatic N) is 2. The van der Waals surface area contributed by atoms with Gasteiger partial charge in [-0.3, -0.25) is 0 Å². The summed E-state index contributed by atoms with van der Waals surface area (Å²) in [4.78, 5) is 4.09. The van der Waals surface area contributed by atoms with Crippen molar-refractivity contribution in [3.63, 3.8) is 0 Å². The Labute approximate surface area is 108 Å². The average Bonchev–Trinajstić information content (AvgIpc) is 2.81. The Morgan fingerprint density at radius 2 is 1.53 bits per heavy atom. The number of halogens is 4. The molecule has 6 heteroatoms. The minimum Gasteiger partial charge on any atom is -0.363 e. The first-order chi connectivity index (χ1) is 9.09. The molecule has 2 fully saturated rings. The summed E-state index contributed by atoms with van der Waals surface area (Å²) in [5, 5.41) is 0. The molecule has 0 radical (unpaired) electrons. The van der Waals surface area contributed by atoms with Crippen molar-refractivity contribution in [1.82, 2.24) is 4.98 Å². The average molecular weight is 274 g/mol. The minimum atomic E-state index is -1.58. The van der Waals surface area contributed by atoms with Crippen LogP contribution in [0.25, 0.3) is 0 Å². The molecule has 1 aliphatic carbocycles. The van der Waals surface area contributed by atoms with E-state index in [1.54, 1.807) is 0 Å². The van der Waals surface area contributed by atoms with E-state index < -0.39 is 29.2 Å². The van der Waals surface area contributed by atoms with Gasteiger partial charge in [-0.15, -0.1) is 0 Å². The standard InChI is InChI=1S/C13H14F4N2/c14-9-11(10(15)13(17)18-12(9)16)19-6-5-7-3-1-2-4-8(7)19/h7-8H,1-6H2. The molecular formula is C13H14F4N2. The van der Waals surface area contributed by atoms with Crippen LogP contribution in [0.2, 0.25) is 0 Å². The highest BCUT2D eigenvalue weighted by molar-refractivity contribution is 5.51. The normalized spacial score (nSPS) is 26.6. The summed E-state index contributed by atoms with van der Waals surface area (Å²) in [6, 6.07) is -0.0149. The predicted octanol–water partition coefficient (Wildman–Crippen LogP) is 3.41. The van der Waals surface area contributed by atoms with Crippen molar-refractivity contribution < 1.29 is 17.6 Å². The van der Waals surface area contributed by atoms with Gasteiger partial charge in [0.25, 0.3) is 11.9 Å². The molecule has 0 spiro atoms. The molecule has 0 aromatic carbocycles. The summed E-state index contributed by atoms with van der Waals surface area (Å²) in [6.45, 7) is 0.437. The van der Waals surface area contributed by atoms with E-state index in [-0.39, 0.29) is 6.04 Å². The first-order valence-corrected chi connectivity index (χ1v) is 6.56. The van der Waals surface area contributed by atoms with Gasteiger partial charge in [-0.25, -0.2) is 0 Å². The van der Waals surface area contributed by atoms with Gasteiger partial charge in [0.2, 0.25) is 11.6 Å². The third-order valence-corrected chi connectivity index (χ3v) is 4.27. The maximum atomic E-state index is 13.8. The SMILES string of the molecule is Fc1nc(F)c(F)c(N2CCC3CCCCC32)c1F. The molecule has 1 saturated heterocycles. The first kappa shape index (κ1) is 12.7. The lowest BCUT2D eigenvalue weighted by Crippen LogP contribution is -2.36. The van der Waals surface area contributed by atoms with Crippen molar-refractivity contribution in [2.75, 3.05) is 11.4 Å². The van der Waals surface area contributed by atoms with E-state index >= 15 is 0 Å². The molecule has 104 valence electrons. The summed E-state index contributed by atoms with van der Waals surface area (Å²) >= 11 is 0. The van der Waals surface area contributed by atoms with E-state index in [0.29, 0.717) is 12.5 Å². The summed E-state index contributed by atoms with van der Waals surface area (Å²) in [5.74, 6) is -5.55. The second-order valence-electron chi connectivity index (χ2n) is 5.26. The molecule has 2 aliphatic rings. The Morgan fingerprint density at radius 1 is 0.895 bits per heavy atom. The van der Waals surface area contributed by atoms with Crippen LogP contribution in [0.3, 0.4) is 0 Å². The van der Waals surface area contributed by atoms with E-state index in [4.69, 9.17) is 0 Å². The van der Waals surface area contributed by atoms with Gasteiger partial charge < -0.3 is 4.90 Å². The molecule has 2 nitrogen and oxygen atoms in total. The Hall–Kier alpha value is -1.33. The number of fused-ring (bicyclic) bond motifs is 1. The molecule has 2 unspecified atom stereocenters. The Bertz CT molecular complexity index is 480. The van der Waals surface area contributed by atoms with Crippen molar-refractivity contribution in [3.05, 3.63) is 23.5 Å². The van der Waals surface area contributed by atoms with Crippen molar-refractivity contribution in [3.8, 4) is 0 Å². The third kappa shape index (κ3) is 1.97. The van der Waals surface area contributed by atoms with Gasteiger partial charge in [0.15, 0.2) is 0 Å². The van der Waals surface area contributed by atoms with E-state index in [0.717, 1.165) is 32.1 Å². The van der Waals surface area contributed by atoms with Crippen LogP contribution in [0, 0.1) is 29.4 Å². The Balaban J connectivity index is 2.02. The summed E-state index contributed by atoms with van der Waals surface area (Å²) < 4.78 is 53.9. The van der Waals surface area contributed by atoms with Crippen LogP contribution >= 0.6 is 0 Å². The molecule has 0 amide bonds. The second-order valence-corrected chi connectivity index (χ2v) is 5.26. The number of hydrogen-bond donors (Lipinski definition) is 0. The predicted molar refractivity (Wildman–Crippen MR) is 61.8 cm³/mol. The van der Waals surface area contributed by atoms with Crippen molar-refractivity contribution in [2.45, 2.75) is 38.1 Å². The van der Waals surface area contributed by atoms with Gasteiger partial charge in [0.1, 0.15) is 5.69 Å². The zero-order valence-electron chi connectivity index (χ0n) is 10.3. The van der Waals surface area contributed by atoms with Crippen molar-refractivity contribution in [2.24, 2.45) is 5.92 Å². The summed E-state index contributed by atoms with van der Waals surface area (Å²) in [5.41, 5.74) is -0.584. The fraction of sp³-hybridized carbons (Fsp3) is 0.615. The van der Waals surface area contributed by atoms with Gasteiger partial charge >= 0.3 is 0 Å². The lowest BCUT2D eigenvalue weighted by molar-refractivity contribution is 0.336. The quantitative estimate of drug-likeness (QED) is 0.576. The number of pyridine rings is 1. The van der Waals surface area contributed by atoms with Crippen LogP contribution in [-0.4, -0.2) is 17.6 Å². The third-order valence-electron chi connectivity index (χ3n) is 4.27. The molecule has 1 aromatic rings.